The first kappa shape index (κ1) is 15.4. The van der Waals surface area contributed by atoms with Gasteiger partial charge in [-0.1, -0.05) is 0 Å². The topological polar surface area (TPSA) is 72.6 Å². The van der Waals surface area contributed by atoms with E-state index < -0.39 is 5.25 Å². The summed E-state index contributed by atoms with van der Waals surface area (Å²) in [5.41, 5.74) is 6.90. The molecule has 1 aliphatic heterocycles. The van der Waals surface area contributed by atoms with Crippen LogP contribution in [0.25, 0.3) is 0 Å². The second kappa shape index (κ2) is 6.34. The molecule has 0 bridgehead atoms. The van der Waals surface area contributed by atoms with Gasteiger partial charge in [0, 0.05) is 17.0 Å². The SMILES string of the molecule is COc1ccc(N2C(=O)C[C@@H](Sc3ccc(N)cc3)C2=O)cc1. The van der Waals surface area contributed by atoms with Crippen LogP contribution in [-0.2, 0) is 9.59 Å². The number of amides is 2. The molecule has 118 valence electrons. The Hall–Kier alpha value is -2.47. The van der Waals surface area contributed by atoms with E-state index in [2.05, 4.69) is 0 Å². The van der Waals surface area contributed by atoms with Gasteiger partial charge in [0.05, 0.1) is 18.0 Å². The molecule has 6 heteroatoms. The molecule has 2 amide bonds. The van der Waals surface area contributed by atoms with Crippen molar-refractivity contribution in [2.24, 2.45) is 0 Å². The van der Waals surface area contributed by atoms with Crippen molar-refractivity contribution in [1.82, 2.24) is 0 Å². The number of methoxy groups -OCH3 is 1. The minimum Gasteiger partial charge on any atom is -0.497 e. The van der Waals surface area contributed by atoms with E-state index in [1.54, 1.807) is 43.5 Å². The Morgan fingerprint density at radius 2 is 1.74 bits per heavy atom. The zero-order valence-electron chi connectivity index (χ0n) is 12.6. The predicted molar refractivity (Wildman–Crippen MR) is 90.6 cm³/mol. The van der Waals surface area contributed by atoms with Crippen LogP contribution < -0.4 is 15.4 Å². The van der Waals surface area contributed by atoms with Crippen molar-refractivity contribution in [2.45, 2.75) is 16.6 Å². The summed E-state index contributed by atoms with van der Waals surface area (Å²) in [6, 6.07) is 14.2. The molecular formula is C17H16N2O3S. The van der Waals surface area contributed by atoms with Crippen LogP contribution in [0.2, 0.25) is 0 Å². The second-order valence-corrected chi connectivity index (χ2v) is 6.42. The molecule has 0 saturated carbocycles. The molecule has 1 fully saturated rings. The summed E-state index contributed by atoms with van der Waals surface area (Å²) in [7, 11) is 1.57. The average molecular weight is 328 g/mol. The molecule has 0 spiro atoms. The van der Waals surface area contributed by atoms with Crippen molar-refractivity contribution in [1.29, 1.82) is 0 Å². The minimum atomic E-state index is -0.409. The standard InChI is InChI=1S/C17H16N2O3S/c1-22-13-6-4-12(5-7-13)19-16(20)10-15(17(19)21)23-14-8-2-11(18)3-9-14/h2-9,15H,10,18H2,1H3/t15-/m1/s1. The number of benzene rings is 2. The highest BCUT2D eigenvalue weighted by Gasteiger charge is 2.40. The van der Waals surface area contributed by atoms with Crippen LogP contribution in [0.1, 0.15) is 6.42 Å². The maximum atomic E-state index is 12.6. The van der Waals surface area contributed by atoms with Crippen LogP contribution in [-0.4, -0.2) is 24.2 Å². The van der Waals surface area contributed by atoms with Gasteiger partial charge in [0.2, 0.25) is 11.8 Å². The van der Waals surface area contributed by atoms with Crippen LogP contribution in [0.15, 0.2) is 53.4 Å². The summed E-state index contributed by atoms with van der Waals surface area (Å²) >= 11 is 1.39. The Balaban J connectivity index is 1.77. The highest BCUT2D eigenvalue weighted by Crippen LogP contribution is 2.34. The molecule has 1 aliphatic rings. The van der Waals surface area contributed by atoms with Gasteiger partial charge in [-0.3, -0.25) is 9.59 Å². The number of nitrogen functional groups attached to an aromatic ring is 1. The van der Waals surface area contributed by atoms with Crippen LogP contribution in [0, 0.1) is 0 Å². The number of thioether (sulfide) groups is 1. The number of imide groups is 1. The first-order valence-corrected chi connectivity index (χ1v) is 7.99. The largest absolute Gasteiger partial charge is 0.497 e. The van der Waals surface area contributed by atoms with Gasteiger partial charge < -0.3 is 10.5 Å². The van der Waals surface area contributed by atoms with E-state index in [9.17, 15) is 9.59 Å². The summed E-state index contributed by atoms with van der Waals surface area (Å²) in [4.78, 5) is 27.0. The number of carbonyl (C=O) groups is 2. The van der Waals surface area contributed by atoms with Gasteiger partial charge in [0.25, 0.3) is 0 Å². The van der Waals surface area contributed by atoms with Crippen molar-refractivity contribution in [3.05, 3.63) is 48.5 Å². The Bertz CT molecular complexity index is 729. The lowest BCUT2D eigenvalue weighted by Gasteiger charge is -2.15. The molecule has 3 rings (SSSR count). The molecule has 2 N–H and O–H groups in total. The normalized spacial score (nSPS) is 17.6. The van der Waals surface area contributed by atoms with Gasteiger partial charge in [0.1, 0.15) is 5.75 Å². The molecule has 2 aromatic carbocycles. The third-order valence-corrected chi connectivity index (χ3v) is 4.79. The van der Waals surface area contributed by atoms with Gasteiger partial charge in [0.15, 0.2) is 0 Å². The zero-order chi connectivity index (χ0) is 16.4. The van der Waals surface area contributed by atoms with Crippen LogP contribution in [0.4, 0.5) is 11.4 Å². The lowest BCUT2D eigenvalue weighted by atomic mass is 10.3. The molecule has 0 aromatic heterocycles. The Kier molecular flexibility index (Phi) is 4.25. The van der Waals surface area contributed by atoms with Crippen molar-refractivity contribution in [3.8, 4) is 5.75 Å². The fourth-order valence-electron chi connectivity index (χ4n) is 2.41. The summed E-state index contributed by atoms with van der Waals surface area (Å²) in [5, 5.41) is -0.409. The minimum absolute atomic E-state index is 0.187. The van der Waals surface area contributed by atoms with E-state index in [0.29, 0.717) is 17.1 Å². The Labute approximate surface area is 138 Å². The molecule has 0 aliphatic carbocycles. The van der Waals surface area contributed by atoms with Crippen LogP contribution >= 0.6 is 11.8 Å². The van der Waals surface area contributed by atoms with Crippen molar-refractivity contribution in [2.75, 3.05) is 17.7 Å². The third kappa shape index (κ3) is 3.17. The number of rotatable bonds is 4. The second-order valence-electron chi connectivity index (χ2n) is 5.15. The Morgan fingerprint density at radius 1 is 1.09 bits per heavy atom. The molecule has 0 unspecified atom stereocenters. The van der Waals surface area contributed by atoms with Gasteiger partial charge in [-0.25, -0.2) is 4.90 Å². The van der Waals surface area contributed by atoms with E-state index in [0.717, 1.165) is 4.90 Å². The fourth-order valence-corrected chi connectivity index (χ4v) is 3.46. The van der Waals surface area contributed by atoms with Gasteiger partial charge in [-0.15, -0.1) is 11.8 Å². The number of ether oxygens (including phenoxy) is 1. The number of hydrogen-bond acceptors (Lipinski definition) is 5. The highest BCUT2D eigenvalue weighted by molar-refractivity contribution is 8.00. The number of anilines is 2. The average Bonchev–Trinajstić information content (AvgIpc) is 2.84. The Morgan fingerprint density at radius 3 is 2.35 bits per heavy atom. The quantitative estimate of drug-likeness (QED) is 0.690. The maximum absolute atomic E-state index is 12.6. The predicted octanol–water partition coefficient (Wildman–Crippen LogP) is 2.70. The molecular weight excluding hydrogens is 312 g/mol. The summed E-state index contributed by atoms with van der Waals surface area (Å²) < 4.78 is 5.09. The number of carbonyl (C=O) groups excluding carboxylic acids is 2. The van der Waals surface area contributed by atoms with Crippen LogP contribution in [0.3, 0.4) is 0 Å². The van der Waals surface area contributed by atoms with Gasteiger partial charge in [-0.2, -0.15) is 0 Å². The van der Waals surface area contributed by atoms with E-state index in [4.69, 9.17) is 10.5 Å². The smallest absolute Gasteiger partial charge is 0.247 e. The number of hydrogen-bond donors (Lipinski definition) is 1. The van der Waals surface area contributed by atoms with Crippen molar-refractivity contribution in [3.63, 3.8) is 0 Å². The van der Waals surface area contributed by atoms with E-state index in [1.165, 1.54) is 16.7 Å². The summed E-state index contributed by atoms with van der Waals surface area (Å²) in [6.07, 6.45) is 0.194. The summed E-state index contributed by atoms with van der Waals surface area (Å²) in [5.74, 6) is 0.302. The van der Waals surface area contributed by atoms with Gasteiger partial charge in [-0.05, 0) is 48.5 Å². The van der Waals surface area contributed by atoms with E-state index >= 15 is 0 Å². The van der Waals surface area contributed by atoms with E-state index in [-0.39, 0.29) is 18.2 Å². The van der Waals surface area contributed by atoms with Crippen LogP contribution in [0.5, 0.6) is 5.75 Å². The first-order chi connectivity index (χ1) is 11.1. The summed E-state index contributed by atoms with van der Waals surface area (Å²) in [6.45, 7) is 0. The lowest BCUT2D eigenvalue weighted by molar-refractivity contribution is -0.121. The van der Waals surface area contributed by atoms with Crippen molar-refractivity contribution >= 4 is 35.0 Å². The third-order valence-electron chi connectivity index (χ3n) is 3.59. The van der Waals surface area contributed by atoms with Crippen molar-refractivity contribution < 1.29 is 14.3 Å². The monoisotopic (exact) mass is 328 g/mol. The lowest BCUT2D eigenvalue weighted by Crippen LogP contribution is -2.31. The van der Waals surface area contributed by atoms with Gasteiger partial charge >= 0.3 is 0 Å². The molecule has 0 radical (unpaired) electrons. The fraction of sp³-hybridized carbons (Fsp3) is 0.176. The molecule has 1 atom stereocenters. The number of nitrogens with two attached hydrogens (primary N) is 1. The van der Waals surface area contributed by atoms with E-state index in [1.807, 2.05) is 12.1 Å². The number of nitrogens with zero attached hydrogens (tertiary/aromatic N) is 1. The maximum Gasteiger partial charge on any atom is 0.247 e. The molecule has 2 aromatic rings. The first-order valence-electron chi connectivity index (χ1n) is 7.11. The molecule has 1 heterocycles. The highest BCUT2D eigenvalue weighted by atomic mass is 32.2. The zero-order valence-corrected chi connectivity index (χ0v) is 13.4. The molecule has 5 nitrogen and oxygen atoms in total. The molecule has 1 saturated heterocycles. The molecule has 23 heavy (non-hydrogen) atoms.